The van der Waals surface area contributed by atoms with Crippen LogP contribution in [0.1, 0.15) is 5.56 Å². The van der Waals surface area contributed by atoms with Gasteiger partial charge in [0.2, 0.25) is 0 Å². The van der Waals surface area contributed by atoms with Crippen molar-refractivity contribution >= 4 is 22.9 Å². The molecule has 0 spiro atoms. The van der Waals surface area contributed by atoms with Crippen LogP contribution in [-0.4, -0.2) is 25.0 Å². The zero-order chi connectivity index (χ0) is 25.4. The Bertz CT molecular complexity index is 1800. The van der Waals surface area contributed by atoms with Gasteiger partial charge in [0.15, 0.2) is 0 Å². The third kappa shape index (κ3) is 3.74. The van der Waals surface area contributed by atoms with Gasteiger partial charge in [-0.05, 0) is 35.4 Å². The average molecular weight is 479 g/mol. The van der Waals surface area contributed by atoms with E-state index in [4.69, 9.17) is 0 Å². The topological polar surface area (TPSA) is 98.6 Å². The Kier molecular flexibility index (Phi) is 5.69. The Morgan fingerprint density at radius 3 is 1.94 bits per heavy atom. The smallest absolute Gasteiger partial charge is 0.332 e. The number of aromatic hydroxyl groups is 1. The molecule has 0 aliphatic heterocycles. The number of nitrogens with zero attached hydrogens (tertiary/aromatic N) is 4. The third-order valence-electron chi connectivity index (χ3n) is 6.10. The highest BCUT2D eigenvalue weighted by Crippen LogP contribution is 2.25. The minimum Gasteiger partial charge on any atom is -0.506 e. The number of rotatable bonds is 4. The van der Waals surface area contributed by atoms with Crippen molar-refractivity contribution in [2.24, 2.45) is 19.1 Å². The van der Waals surface area contributed by atoms with Gasteiger partial charge in [0, 0.05) is 20.3 Å². The molecule has 0 fully saturated rings. The number of benzene rings is 3. The van der Waals surface area contributed by atoms with E-state index in [9.17, 15) is 19.5 Å². The quantitative estimate of drug-likeness (QED) is 0.400. The SMILES string of the molecule is Cn1c(=O)c2c(O)c(C=Nc3ccc(-c4ccccc4)cc3)c(=O)n(-c3ccccc3)c2n(C)c1=O. The third-order valence-corrected chi connectivity index (χ3v) is 6.10. The van der Waals surface area contributed by atoms with Crippen molar-refractivity contribution in [1.29, 1.82) is 0 Å². The molecule has 0 aliphatic carbocycles. The Labute approximate surface area is 205 Å². The maximum atomic E-state index is 13.6. The highest BCUT2D eigenvalue weighted by Gasteiger charge is 2.22. The van der Waals surface area contributed by atoms with Crippen LogP contribution in [0.2, 0.25) is 0 Å². The molecule has 2 aromatic heterocycles. The Balaban J connectivity index is 1.72. The molecule has 1 N–H and O–H groups in total. The highest BCUT2D eigenvalue weighted by atomic mass is 16.3. The standard InChI is InChI=1S/C28H22N4O4/c1-30-25-23(27(35)31(2)28(30)36)24(33)22(26(34)32(25)21-11-7-4-8-12-21)17-29-20-15-13-19(14-16-20)18-9-5-3-6-10-18/h3-17,33H,1-2H3. The van der Waals surface area contributed by atoms with Crippen LogP contribution >= 0.6 is 0 Å². The number of pyridine rings is 1. The van der Waals surface area contributed by atoms with Crippen LogP contribution in [0.5, 0.6) is 5.75 Å². The second-order valence-electron chi connectivity index (χ2n) is 8.31. The molecule has 5 aromatic rings. The molecule has 2 heterocycles. The lowest BCUT2D eigenvalue weighted by Gasteiger charge is -2.16. The predicted octanol–water partition coefficient (Wildman–Crippen LogP) is 3.51. The monoisotopic (exact) mass is 478 g/mol. The van der Waals surface area contributed by atoms with E-state index in [1.165, 1.54) is 29.4 Å². The Morgan fingerprint density at radius 2 is 1.31 bits per heavy atom. The van der Waals surface area contributed by atoms with Gasteiger partial charge in [-0.15, -0.1) is 0 Å². The number of aromatic nitrogens is 3. The minimum atomic E-state index is -0.711. The molecule has 0 saturated carbocycles. The first-order valence-electron chi connectivity index (χ1n) is 11.2. The summed E-state index contributed by atoms with van der Waals surface area (Å²) in [5.41, 5.74) is 0.986. The van der Waals surface area contributed by atoms with E-state index in [1.807, 2.05) is 42.5 Å². The summed E-state index contributed by atoms with van der Waals surface area (Å²) in [4.78, 5) is 43.7. The molecule has 8 nitrogen and oxygen atoms in total. The summed E-state index contributed by atoms with van der Waals surface area (Å²) >= 11 is 0. The van der Waals surface area contributed by atoms with Crippen LogP contribution in [0.3, 0.4) is 0 Å². The molecule has 5 rings (SSSR count). The van der Waals surface area contributed by atoms with Crippen molar-refractivity contribution in [3.63, 3.8) is 0 Å². The number of hydrogen-bond acceptors (Lipinski definition) is 5. The van der Waals surface area contributed by atoms with Crippen LogP contribution in [-0.2, 0) is 14.1 Å². The van der Waals surface area contributed by atoms with E-state index in [-0.39, 0.29) is 16.6 Å². The summed E-state index contributed by atoms with van der Waals surface area (Å²) in [6.45, 7) is 0. The predicted molar refractivity (Wildman–Crippen MR) is 141 cm³/mol. The molecular weight excluding hydrogens is 456 g/mol. The van der Waals surface area contributed by atoms with Gasteiger partial charge in [0.1, 0.15) is 22.3 Å². The number of fused-ring (bicyclic) bond motifs is 1. The van der Waals surface area contributed by atoms with Crippen molar-refractivity contribution in [2.45, 2.75) is 0 Å². The average Bonchev–Trinajstić information content (AvgIpc) is 2.91. The van der Waals surface area contributed by atoms with Gasteiger partial charge in [-0.2, -0.15) is 0 Å². The zero-order valence-corrected chi connectivity index (χ0v) is 19.6. The molecule has 36 heavy (non-hydrogen) atoms. The van der Waals surface area contributed by atoms with Crippen molar-refractivity contribution in [1.82, 2.24) is 13.7 Å². The molecule has 0 unspecified atom stereocenters. The number of aryl methyl sites for hydroxylation is 1. The van der Waals surface area contributed by atoms with Crippen molar-refractivity contribution in [2.75, 3.05) is 0 Å². The maximum absolute atomic E-state index is 13.6. The normalized spacial score (nSPS) is 11.4. The van der Waals surface area contributed by atoms with E-state index >= 15 is 0 Å². The fourth-order valence-corrected chi connectivity index (χ4v) is 4.20. The maximum Gasteiger partial charge on any atom is 0.332 e. The van der Waals surface area contributed by atoms with Crippen LogP contribution in [0, 0.1) is 0 Å². The van der Waals surface area contributed by atoms with E-state index < -0.39 is 22.6 Å². The molecule has 0 saturated heterocycles. The van der Waals surface area contributed by atoms with Crippen molar-refractivity contribution in [3.05, 3.63) is 122 Å². The summed E-state index contributed by atoms with van der Waals surface area (Å²) in [6.07, 6.45) is 1.25. The van der Waals surface area contributed by atoms with Crippen LogP contribution in [0.4, 0.5) is 5.69 Å². The molecule has 0 amide bonds. The summed E-state index contributed by atoms with van der Waals surface area (Å²) in [5, 5.41) is 10.9. The molecule has 0 atom stereocenters. The fourth-order valence-electron chi connectivity index (χ4n) is 4.20. The second kappa shape index (κ2) is 8.99. The fraction of sp³-hybridized carbons (Fsp3) is 0.0714. The molecule has 178 valence electrons. The molecule has 0 bridgehead atoms. The van der Waals surface area contributed by atoms with Gasteiger partial charge >= 0.3 is 5.69 Å². The van der Waals surface area contributed by atoms with Gasteiger partial charge in [-0.25, -0.2) is 4.79 Å². The van der Waals surface area contributed by atoms with Gasteiger partial charge in [-0.3, -0.25) is 28.3 Å². The lowest BCUT2D eigenvalue weighted by molar-refractivity contribution is 0.477. The Hall–Kier alpha value is -4.98. The van der Waals surface area contributed by atoms with E-state index in [0.29, 0.717) is 11.4 Å². The molecule has 8 heteroatoms. The molecular formula is C28H22N4O4. The lowest BCUT2D eigenvalue weighted by atomic mass is 10.1. The first-order chi connectivity index (χ1) is 17.4. The van der Waals surface area contributed by atoms with Gasteiger partial charge < -0.3 is 5.11 Å². The number of aliphatic imine (C=N–C) groups is 1. The summed E-state index contributed by atoms with van der Waals surface area (Å²) in [7, 11) is 2.77. The van der Waals surface area contributed by atoms with Crippen LogP contribution in [0.25, 0.3) is 27.8 Å². The highest BCUT2D eigenvalue weighted by molar-refractivity contribution is 5.95. The van der Waals surface area contributed by atoms with Gasteiger partial charge in [-0.1, -0.05) is 60.7 Å². The molecule has 3 aromatic carbocycles. The van der Waals surface area contributed by atoms with Crippen molar-refractivity contribution in [3.8, 4) is 22.6 Å². The zero-order valence-electron chi connectivity index (χ0n) is 19.6. The van der Waals surface area contributed by atoms with Crippen LogP contribution < -0.4 is 16.8 Å². The lowest BCUT2D eigenvalue weighted by Crippen LogP contribution is -2.40. The Morgan fingerprint density at radius 1 is 0.722 bits per heavy atom. The summed E-state index contributed by atoms with van der Waals surface area (Å²) in [6, 6.07) is 25.9. The first kappa shape index (κ1) is 22.8. The summed E-state index contributed by atoms with van der Waals surface area (Å²) in [5.74, 6) is -0.525. The first-order valence-corrected chi connectivity index (χ1v) is 11.2. The number of hydrogen-bond donors (Lipinski definition) is 1. The summed E-state index contributed by atoms with van der Waals surface area (Å²) < 4.78 is 3.32. The van der Waals surface area contributed by atoms with E-state index in [0.717, 1.165) is 15.7 Å². The van der Waals surface area contributed by atoms with Gasteiger partial charge in [0.25, 0.3) is 11.1 Å². The number of para-hydroxylation sites is 1. The second-order valence-corrected chi connectivity index (χ2v) is 8.31. The van der Waals surface area contributed by atoms with Crippen LogP contribution in [0.15, 0.2) is 104 Å². The van der Waals surface area contributed by atoms with Crippen molar-refractivity contribution < 1.29 is 5.11 Å². The van der Waals surface area contributed by atoms with E-state index in [1.54, 1.807) is 42.5 Å². The molecule has 0 radical (unpaired) electrons. The van der Waals surface area contributed by atoms with Gasteiger partial charge in [0.05, 0.1) is 11.4 Å². The largest absolute Gasteiger partial charge is 0.506 e. The minimum absolute atomic E-state index is 0.00108. The van der Waals surface area contributed by atoms with E-state index in [2.05, 4.69) is 4.99 Å². The molecule has 0 aliphatic rings.